The number of halogens is 3. The average Bonchev–Trinajstić information content (AvgIpc) is 2.49. The topological polar surface area (TPSA) is 54.7 Å². The standard InChI is InChI=1S/C9H6ClF2N3/c10-4-1-5(11)9(6(12)2-4)7-3-8(13)15-14-7/h1-3H,(H3,13,14,15). The molecule has 0 bridgehead atoms. The molecule has 3 N–H and O–H groups in total. The lowest BCUT2D eigenvalue weighted by atomic mass is 10.1. The number of rotatable bonds is 1. The normalized spacial score (nSPS) is 10.6. The molecule has 0 saturated carbocycles. The van der Waals surface area contributed by atoms with Crippen molar-refractivity contribution in [1.82, 2.24) is 10.2 Å². The second kappa shape index (κ2) is 3.51. The Labute approximate surface area is 88.9 Å². The molecule has 0 unspecified atom stereocenters. The molecule has 2 aromatic rings. The van der Waals surface area contributed by atoms with Gasteiger partial charge >= 0.3 is 0 Å². The predicted octanol–water partition coefficient (Wildman–Crippen LogP) is 2.59. The van der Waals surface area contributed by atoms with Crippen LogP contribution in [0.5, 0.6) is 0 Å². The third kappa shape index (κ3) is 1.78. The van der Waals surface area contributed by atoms with Crippen LogP contribution < -0.4 is 5.73 Å². The number of aromatic amines is 1. The van der Waals surface area contributed by atoms with Crippen LogP contribution in [0, 0.1) is 11.6 Å². The zero-order chi connectivity index (χ0) is 11.0. The number of nitrogens with one attached hydrogen (secondary N) is 1. The van der Waals surface area contributed by atoms with Crippen LogP contribution in [-0.4, -0.2) is 10.2 Å². The molecule has 0 spiro atoms. The minimum absolute atomic E-state index is 0.00115. The number of nitrogens with zero attached hydrogens (tertiary/aromatic N) is 1. The number of anilines is 1. The first-order chi connectivity index (χ1) is 7.08. The van der Waals surface area contributed by atoms with Gasteiger partial charge in [0.25, 0.3) is 0 Å². The van der Waals surface area contributed by atoms with E-state index in [0.29, 0.717) is 0 Å². The van der Waals surface area contributed by atoms with Gasteiger partial charge in [-0.3, -0.25) is 5.10 Å². The maximum atomic E-state index is 13.4. The Morgan fingerprint density at radius 3 is 2.27 bits per heavy atom. The monoisotopic (exact) mass is 229 g/mol. The van der Waals surface area contributed by atoms with E-state index in [1.165, 1.54) is 6.07 Å². The highest BCUT2D eigenvalue weighted by atomic mass is 35.5. The van der Waals surface area contributed by atoms with Crippen molar-refractivity contribution in [3.05, 3.63) is 34.9 Å². The fraction of sp³-hybridized carbons (Fsp3) is 0. The smallest absolute Gasteiger partial charge is 0.145 e. The Balaban J connectivity index is 2.62. The summed E-state index contributed by atoms with van der Waals surface area (Å²) < 4.78 is 26.8. The van der Waals surface area contributed by atoms with Gasteiger partial charge in [0.05, 0.1) is 11.3 Å². The van der Waals surface area contributed by atoms with E-state index in [4.69, 9.17) is 17.3 Å². The van der Waals surface area contributed by atoms with Gasteiger partial charge in [-0.25, -0.2) is 8.78 Å². The van der Waals surface area contributed by atoms with Gasteiger partial charge in [-0.15, -0.1) is 0 Å². The molecule has 0 saturated heterocycles. The predicted molar refractivity (Wildman–Crippen MR) is 53.4 cm³/mol. The molecule has 0 aliphatic carbocycles. The van der Waals surface area contributed by atoms with Gasteiger partial charge in [-0.1, -0.05) is 11.6 Å². The number of hydrogen-bond donors (Lipinski definition) is 2. The molecular formula is C9H6ClF2N3. The van der Waals surface area contributed by atoms with Crippen LogP contribution in [-0.2, 0) is 0 Å². The molecule has 2 rings (SSSR count). The van der Waals surface area contributed by atoms with E-state index in [1.54, 1.807) is 0 Å². The van der Waals surface area contributed by atoms with E-state index < -0.39 is 11.6 Å². The van der Waals surface area contributed by atoms with Crippen LogP contribution in [0.1, 0.15) is 0 Å². The summed E-state index contributed by atoms with van der Waals surface area (Å²) in [5.41, 5.74) is 5.29. The molecule has 0 aliphatic rings. The minimum Gasteiger partial charge on any atom is -0.382 e. The minimum atomic E-state index is -0.761. The SMILES string of the molecule is Nc1cc(-c2c(F)cc(Cl)cc2F)[nH]n1. The highest BCUT2D eigenvalue weighted by Crippen LogP contribution is 2.27. The first-order valence-electron chi connectivity index (χ1n) is 4.03. The van der Waals surface area contributed by atoms with Gasteiger partial charge in [0.15, 0.2) is 0 Å². The highest BCUT2D eigenvalue weighted by molar-refractivity contribution is 6.30. The van der Waals surface area contributed by atoms with Crippen LogP contribution in [0.2, 0.25) is 5.02 Å². The third-order valence-corrected chi connectivity index (χ3v) is 2.09. The molecule has 0 fully saturated rings. The molecule has 78 valence electrons. The summed E-state index contributed by atoms with van der Waals surface area (Å²) in [6, 6.07) is 3.39. The van der Waals surface area contributed by atoms with Crippen molar-refractivity contribution < 1.29 is 8.78 Å². The average molecular weight is 230 g/mol. The van der Waals surface area contributed by atoms with Crippen molar-refractivity contribution in [2.75, 3.05) is 5.73 Å². The lowest BCUT2D eigenvalue weighted by molar-refractivity contribution is 0.588. The van der Waals surface area contributed by atoms with E-state index in [2.05, 4.69) is 10.2 Å². The fourth-order valence-corrected chi connectivity index (χ4v) is 1.46. The summed E-state index contributed by atoms with van der Waals surface area (Å²) in [7, 11) is 0. The summed E-state index contributed by atoms with van der Waals surface area (Å²) in [5, 5.41) is 6.01. The quantitative estimate of drug-likeness (QED) is 0.790. The maximum absolute atomic E-state index is 13.4. The first-order valence-corrected chi connectivity index (χ1v) is 4.41. The second-order valence-electron chi connectivity index (χ2n) is 2.95. The van der Waals surface area contributed by atoms with Crippen molar-refractivity contribution >= 4 is 17.4 Å². The third-order valence-electron chi connectivity index (χ3n) is 1.87. The Morgan fingerprint density at radius 1 is 1.20 bits per heavy atom. The number of hydrogen-bond acceptors (Lipinski definition) is 2. The van der Waals surface area contributed by atoms with Crippen molar-refractivity contribution in [3.63, 3.8) is 0 Å². The van der Waals surface area contributed by atoms with Gasteiger partial charge < -0.3 is 5.73 Å². The Bertz CT molecular complexity index is 487. The molecule has 0 amide bonds. The van der Waals surface area contributed by atoms with Crippen LogP contribution >= 0.6 is 11.6 Å². The summed E-state index contributed by atoms with van der Waals surface area (Å²) in [6.45, 7) is 0. The molecule has 1 heterocycles. The van der Waals surface area contributed by atoms with Crippen molar-refractivity contribution in [3.8, 4) is 11.3 Å². The van der Waals surface area contributed by atoms with E-state index in [0.717, 1.165) is 12.1 Å². The van der Waals surface area contributed by atoms with Crippen LogP contribution in [0.4, 0.5) is 14.6 Å². The number of benzene rings is 1. The molecule has 3 nitrogen and oxygen atoms in total. The molecule has 15 heavy (non-hydrogen) atoms. The van der Waals surface area contributed by atoms with Gasteiger partial charge in [-0.05, 0) is 12.1 Å². The molecular weight excluding hydrogens is 224 g/mol. The van der Waals surface area contributed by atoms with Crippen molar-refractivity contribution in [2.45, 2.75) is 0 Å². The Morgan fingerprint density at radius 2 is 1.80 bits per heavy atom. The summed E-state index contributed by atoms with van der Waals surface area (Å²) >= 11 is 5.48. The zero-order valence-corrected chi connectivity index (χ0v) is 8.15. The zero-order valence-electron chi connectivity index (χ0n) is 7.39. The van der Waals surface area contributed by atoms with E-state index in [1.807, 2.05) is 0 Å². The van der Waals surface area contributed by atoms with Gasteiger partial charge in [0, 0.05) is 11.1 Å². The van der Waals surface area contributed by atoms with Gasteiger partial charge in [0.1, 0.15) is 17.5 Å². The molecule has 0 radical (unpaired) electrons. The summed E-state index contributed by atoms with van der Waals surface area (Å²) in [5.74, 6) is -1.36. The van der Waals surface area contributed by atoms with Crippen LogP contribution in [0.3, 0.4) is 0 Å². The molecule has 0 atom stereocenters. The second-order valence-corrected chi connectivity index (χ2v) is 3.39. The molecule has 0 aliphatic heterocycles. The number of nitrogen functional groups attached to an aromatic ring is 1. The van der Waals surface area contributed by atoms with Gasteiger partial charge in [0.2, 0.25) is 0 Å². The van der Waals surface area contributed by atoms with Crippen molar-refractivity contribution in [1.29, 1.82) is 0 Å². The van der Waals surface area contributed by atoms with Gasteiger partial charge in [-0.2, -0.15) is 5.10 Å². The van der Waals surface area contributed by atoms with Crippen LogP contribution in [0.15, 0.2) is 18.2 Å². The Kier molecular flexibility index (Phi) is 2.32. The number of nitrogens with two attached hydrogens (primary N) is 1. The van der Waals surface area contributed by atoms with E-state index in [-0.39, 0.29) is 22.1 Å². The fourth-order valence-electron chi connectivity index (χ4n) is 1.26. The Hall–Kier alpha value is -1.62. The first kappa shape index (κ1) is 9.92. The molecule has 6 heteroatoms. The highest BCUT2D eigenvalue weighted by Gasteiger charge is 2.14. The van der Waals surface area contributed by atoms with Crippen molar-refractivity contribution in [2.24, 2.45) is 0 Å². The molecule has 1 aromatic carbocycles. The number of H-pyrrole nitrogens is 1. The van der Waals surface area contributed by atoms with E-state index >= 15 is 0 Å². The lowest BCUT2D eigenvalue weighted by Gasteiger charge is -2.02. The largest absolute Gasteiger partial charge is 0.382 e. The summed E-state index contributed by atoms with van der Waals surface area (Å²) in [6.07, 6.45) is 0. The molecule has 1 aromatic heterocycles. The lowest BCUT2D eigenvalue weighted by Crippen LogP contribution is -1.90. The summed E-state index contributed by atoms with van der Waals surface area (Å²) in [4.78, 5) is 0. The maximum Gasteiger partial charge on any atom is 0.145 e. The van der Waals surface area contributed by atoms with Crippen LogP contribution in [0.25, 0.3) is 11.3 Å². The number of aromatic nitrogens is 2. The van der Waals surface area contributed by atoms with E-state index in [9.17, 15) is 8.78 Å².